The van der Waals surface area contributed by atoms with Gasteiger partial charge in [0.1, 0.15) is 57.5 Å². The number of amides is 1. The summed E-state index contributed by atoms with van der Waals surface area (Å²) in [5.74, 6) is 6.44. The van der Waals surface area contributed by atoms with Gasteiger partial charge in [0.25, 0.3) is 0 Å². The van der Waals surface area contributed by atoms with Crippen LogP contribution in [-0.2, 0) is 4.79 Å². The molecule has 23 nitrogen and oxygen atoms in total. The second kappa shape index (κ2) is 28.4. The summed E-state index contributed by atoms with van der Waals surface area (Å²) in [6, 6.07) is 33.4. The van der Waals surface area contributed by atoms with Crippen LogP contribution in [0.15, 0.2) is 160 Å². The number of carbonyl (C=O) groups is 1. The van der Waals surface area contributed by atoms with Gasteiger partial charge in [0.15, 0.2) is 17.2 Å². The molecular formula is C65H68N20O3S2. The van der Waals surface area contributed by atoms with Crippen molar-refractivity contribution in [1.29, 1.82) is 0 Å². The molecule has 90 heavy (non-hydrogen) atoms. The highest BCUT2D eigenvalue weighted by Gasteiger charge is 2.15. The maximum atomic E-state index is 10.9. The maximum Gasteiger partial charge on any atom is 0.246 e. The Hall–Kier alpha value is -11.4. The number of benzene rings is 1. The molecule has 0 fully saturated rings. The van der Waals surface area contributed by atoms with Gasteiger partial charge in [0.05, 0.1) is 38.8 Å². The monoisotopic (exact) mass is 1240 g/mol. The van der Waals surface area contributed by atoms with Gasteiger partial charge < -0.3 is 63.9 Å². The number of pyridine rings is 7. The van der Waals surface area contributed by atoms with Gasteiger partial charge in [0.2, 0.25) is 5.91 Å². The Morgan fingerprint density at radius 3 is 1.69 bits per heavy atom. The second-order valence-electron chi connectivity index (χ2n) is 20.6. The number of imidazole rings is 1. The summed E-state index contributed by atoms with van der Waals surface area (Å²) in [6.07, 6.45) is 12.3. The van der Waals surface area contributed by atoms with E-state index in [2.05, 4.69) is 91.3 Å². The number of furan rings is 2. The number of aryl methyl sites for hydroxylation is 8. The summed E-state index contributed by atoms with van der Waals surface area (Å²) in [5, 5.41) is 10.2. The zero-order valence-electron chi connectivity index (χ0n) is 50.7. The third kappa shape index (κ3) is 15.9. The number of rotatable bonds is 1. The van der Waals surface area contributed by atoms with Crippen molar-refractivity contribution in [2.24, 2.45) is 5.10 Å². The van der Waals surface area contributed by atoms with Crippen LogP contribution in [0.5, 0.6) is 0 Å². The fourth-order valence-corrected chi connectivity index (χ4v) is 11.1. The van der Waals surface area contributed by atoms with Gasteiger partial charge in [-0.2, -0.15) is 5.10 Å². The van der Waals surface area contributed by atoms with Crippen LogP contribution in [-0.4, -0.2) is 66.4 Å². The maximum absolute atomic E-state index is 10.9. The van der Waals surface area contributed by atoms with Crippen LogP contribution in [0.25, 0.3) is 75.0 Å². The molecule has 18 N–H and O–H groups in total. The number of nitrogens with zero attached hydrogens (tertiary/aromatic N) is 9. The minimum absolute atomic E-state index is 0.0319. The van der Waals surface area contributed by atoms with Crippen LogP contribution in [0.1, 0.15) is 56.0 Å². The molecule has 0 spiro atoms. The van der Waals surface area contributed by atoms with Crippen molar-refractivity contribution in [3.63, 3.8) is 0 Å². The van der Waals surface area contributed by atoms with E-state index in [1.54, 1.807) is 72.1 Å². The van der Waals surface area contributed by atoms with Crippen molar-refractivity contribution in [2.75, 3.05) is 40.1 Å². The number of nitrogens with two attached hydrogens (primary N) is 7. The average Bonchev–Trinajstić information content (AvgIpc) is 4.28. The quantitative estimate of drug-likeness (QED) is 0.0727. The molecular weight excluding hydrogens is 1170 g/mol. The van der Waals surface area contributed by atoms with Crippen molar-refractivity contribution in [2.45, 2.75) is 61.8 Å². The number of nitrogens with one attached hydrogen (secondary N) is 4. The molecule has 15 aromatic rings. The van der Waals surface area contributed by atoms with Gasteiger partial charge in [-0.3, -0.25) is 4.79 Å². The fourth-order valence-electron chi connectivity index (χ4n) is 9.24. The number of fused-ring (bicyclic) bond motifs is 7. The molecule has 25 heteroatoms. The minimum Gasteiger partial charge on any atom is -0.461 e. The zero-order valence-corrected chi connectivity index (χ0v) is 52.3. The van der Waals surface area contributed by atoms with Crippen LogP contribution in [0.3, 0.4) is 0 Å². The van der Waals surface area contributed by atoms with Crippen molar-refractivity contribution in [1.82, 2.24) is 60.2 Å². The lowest BCUT2D eigenvalue weighted by Gasteiger charge is -1.97. The molecule has 0 unspecified atom stereocenters. The molecule has 0 aliphatic carbocycles. The molecule has 15 heterocycles. The predicted molar refractivity (Wildman–Crippen MR) is 368 cm³/mol. The van der Waals surface area contributed by atoms with Gasteiger partial charge in [-0.05, 0) is 145 Å². The Morgan fingerprint density at radius 2 is 1.04 bits per heavy atom. The molecule has 0 saturated carbocycles. The Balaban J connectivity index is 0.000000122. The lowest BCUT2D eigenvalue weighted by molar-refractivity contribution is -0.119. The molecule has 0 bridgehead atoms. The van der Waals surface area contributed by atoms with Crippen LogP contribution in [0.4, 0.5) is 40.7 Å². The predicted octanol–water partition coefficient (Wildman–Crippen LogP) is 12.8. The summed E-state index contributed by atoms with van der Waals surface area (Å²) in [6.45, 7) is 15.8. The number of aromatic amines is 3. The number of carbonyl (C=O) groups excluding carboxylic acids is 1. The summed E-state index contributed by atoms with van der Waals surface area (Å²) in [5.41, 5.74) is 52.2. The van der Waals surface area contributed by atoms with Crippen molar-refractivity contribution in [3.8, 4) is 0 Å². The SMILES string of the molecule is Cc1cc2c(N)nccc2[nH]1.Cc1cc2c(N)nccc2o1.Cc1cc2c(N)nccc2s1.Cc1cc2ccnc(N)c2[nH]1.Cc1cc2ccnc(N)c2o1.Cc1cc2ccnc(N)c2s1.Cc1ccc(C2=NNC(=O)C2)cc1.Cc1nc2c(N)nccc2[nH]1. The highest BCUT2D eigenvalue weighted by Crippen LogP contribution is 2.30. The van der Waals surface area contributed by atoms with Crippen LogP contribution in [0.2, 0.25) is 0 Å². The van der Waals surface area contributed by atoms with E-state index in [1.165, 1.54) is 25.4 Å². The van der Waals surface area contributed by atoms with E-state index in [0.29, 0.717) is 52.7 Å². The van der Waals surface area contributed by atoms with E-state index in [9.17, 15) is 4.79 Å². The molecule has 458 valence electrons. The Morgan fingerprint density at radius 1 is 0.467 bits per heavy atom. The molecule has 1 aliphatic heterocycles. The largest absolute Gasteiger partial charge is 0.461 e. The Kier molecular flexibility index (Phi) is 19.9. The van der Waals surface area contributed by atoms with Gasteiger partial charge in [-0.1, -0.05) is 29.8 Å². The number of hydrogen-bond donors (Lipinski definition) is 11. The fraction of sp³-hybridized carbons (Fsp3) is 0.138. The highest BCUT2D eigenvalue weighted by molar-refractivity contribution is 7.19. The van der Waals surface area contributed by atoms with E-state index in [-0.39, 0.29) is 5.91 Å². The smallest absolute Gasteiger partial charge is 0.246 e. The molecule has 1 aliphatic rings. The average molecular weight is 1240 g/mol. The number of aromatic nitrogens is 11. The lowest BCUT2D eigenvalue weighted by Crippen LogP contribution is -2.09. The van der Waals surface area contributed by atoms with E-state index in [1.807, 2.05) is 126 Å². The first-order valence-corrected chi connectivity index (χ1v) is 29.6. The number of H-pyrrole nitrogens is 3. The zero-order chi connectivity index (χ0) is 64.2. The normalized spacial score (nSPS) is 11.3. The highest BCUT2D eigenvalue weighted by atomic mass is 32.1. The number of thiophene rings is 2. The van der Waals surface area contributed by atoms with Crippen LogP contribution < -0.4 is 45.6 Å². The second-order valence-corrected chi connectivity index (χ2v) is 23.2. The van der Waals surface area contributed by atoms with Gasteiger partial charge in [-0.25, -0.2) is 45.3 Å². The number of hydrogen-bond acceptors (Lipinski definition) is 21. The van der Waals surface area contributed by atoms with Crippen molar-refractivity contribution < 1.29 is 13.6 Å². The lowest BCUT2D eigenvalue weighted by atomic mass is 10.1. The molecule has 0 atom stereocenters. The van der Waals surface area contributed by atoms with E-state index in [4.69, 9.17) is 49.0 Å². The summed E-state index contributed by atoms with van der Waals surface area (Å²) >= 11 is 3.44. The van der Waals surface area contributed by atoms with Crippen LogP contribution in [0, 0.1) is 55.4 Å². The number of hydrazone groups is 1. The third-order valence-corrected chi connectivity index (χ3v) is 15.5. The summed E-state index contributed by atoms with van der Waals surface area (Å²) in [4.78, 5) is 54.7. The molecule has 1 amide bonds. The summed E-state index contributed by atoms with van der Waals surface area (Å²) in [7, 11) is 0. The van der Waals surface area contributed by atoms with Crippen molar-refractivity contribution >= 4 is 150 Å². The van der Waals surface area contributed by atoms with E-state index >= 15 is 0 Å². The Bertz CT molecular complexity index is 4210. The standard InChI is InChI=1S/C10H10N2O.2C8H9N3.2C8H8N2O.2C8H8N2S.C7H8N4/c1-7-2-4-8(5-3-7)9-6-10(13)12-11-9;1-5-4-6-7(11-5)2-3-10-8(6)9;1-5-4-6-2-3-10-8(9)7(6)11-5;1-5-4-6-7(11-5)2-3-10-8(6)9;1-5-4-6-2-3-10-8(9)7(6)11-5;1-5-4-6-7(11-5)2-3-10-8(6)9;1-5-4-6-2-3-10-8(9)7(6)11-5;1-4-10-5-2-3-9-7(8)6(5)11-4/h2-5H,6H2,1H3,(H,12,13);2*2-4,11H,1H3,(H2,9,10);4*2-4H,1H3,(H2,9,10);2-3H,1H3,(H2,8,9)(H,10,11). The van der Waals surface area contributed by atoms with E-state index < -0.39 is 0 Å². The first-order valence-electron chi connectivity index (χ1n) is 28.0. The van der Waals surface area contributed by atoms with Crippen LogP contribution >= 0.6 is 22.7 Å². The van der Waals surface area contributed by atoms with Gasteiger partial charge in [-0.15, -0.1) is 22.7 Å². The molecule has 14 aromatic heterocycles. The minimum atomic E-state index is -0.0319. The molecule has 0 radical (unpaired) electrons. The molecule has 16 rings (SSSR count). The molecule has 0 saturated heterocycles. The first kappa shape index (κ1) is 63.1. The first-order chi connectivity index (χ1) is 43.2. The van der Waals surface area contributed by atoms with E-state index in [0.717, 1.165) is 99.3 Å². The third-order valence-electron chi connectivity index (χ3n) is 13.4. The summed E-state index contributed by atoms with van der Waals surface area (Å²) < 4.78 is 13.0. The van der Waals surface area contributed by atoms with Crippen molar-refractivity contribution in [3.05, 3.63) is 196 Å². The Labute approximate surface area is 524 Å². The topological polar surface area (TPSA) is 400 Å². The number of nitrogen functional groups attached to an aromatic ring is 7. The van der Waals surface area contributed by atoms with Gasteiger partial charge >= 0.3 is 0 Å². The number of anilines is 7. The van der Waals surface area contributed by atoms with Gasteiger partial charge in [0, 0.05) is 90.8 Å². The molecule has 1 aromatic carbocycles.